The minimum Gasteiger partial charge on any atom is -0.318 e. The molecule has 0 aliphatic rings. The summed E-state index contributed by atoms with van der Waals surface area (Å²) in [6, 6.07) is 11.1. The van der Waals surface area contributed by atoms with Crippen molar-refractivity contribution < 1.29 is 9.59 Å². The van der Waals surface area contributed by atoms with Crippen molar-refractivity contribution in [1.82, 2.24) is 0 Å². The molecule has 4 nitrogen and oxygen atoms in total. The number of rotatable bonds is 2. The highest BCUT2D eigenvalue weighted by molar-refractivity contribution is 9.10. The van der Waals surface area contributed by atoms with Crippen molar-refractivity contribution in [2.24, 2.45) is 0 Å². The summed E-state index contributed by atoms with van der Waals surface area (Å²) in [6.45, 7) is 5.74. The normalized spacial score (nSPS) is 10.2. The third-order valence-electron chi connectivity index (χ3n) is 3.12. The van der Waals surface area contributed by atoms with E-state index in [1.807, 2.05) is 51.1 Å². The molecule has 0 fully saturated rings. The molecule has 0 saturated carbocycles. The Labute approximate surface area is 138 Å². The fraction of sp³-hybridized carbons (Fsp3) is 0.176. The van der Waals surface area contributed by atoms with Crippen molar-refractivity contribution in [2.75, 3.05) is 10.6 Å². The summed E-state index contributed by atoms with van der Waals surface area (Å²) >= 11 is 3.36. The first-order valence-electron chi connectivity index (χ1n) is 6.82. The van der Waals surface area contributed by atoms with Crippen molar-refractivity contribution in [2.45, 2.75) is 20.8 Å². The molecule has 5 heteroatoms. The molecular formula is C17H17BrN2O2. The lowest BCUT2D eigenvalue weighted by Gasteiger charge is -2.10. The number of benzene rings is 2. The van der Waals surface area contributed by atoms with E-state index in [1.165, 1.54) is 0 Å². The predicted molar refractivity (Wildman–Crippen MR) is 92.1 cm³/mol. The maximum Gasteiger partial charge on any atom is 0.314 e. The van der Waals surface area contributed by atoms with E-state index in [4.69, 9.17) is 0 Å². The van der Waals surface area contributed by atoms with Crippen molar-refractivity contribution in [3.8, 4) is 0 Å². The van der Waals surface area contributed by atoms with Crippen LogP contribution in [-0.2, 0) is 9.59 Å². The van der Waals surface area contributed by atoms with E-state index in [0.717, 1.165) is 21.2 Å². The molecule has 0 spiro atoms. The molecule has 0 heterocycles. The largest absolute Gasteiger partial charge is 0.318 e. The van der Waals surface area contributed by atoms with Crippen LogP contribution in [0.2, 0.25) is 0 Å². The summed E-state index contributed by atoms with van der Waals surface area (Å²) in [5.74, 6) is -1.38. The second-order valence-corrected chi connectivity index (χ2v) is 6.16. The van der Waals surface area contributed by atoms with Gasteiger partial charge >= 0.3 is 11.8 Å². The van der Waals surface area contributed by atoms with Crippen LogP contribution in [0.15, 0.2) is 40.9 Å². The first-order valence-corrected chi connectivity index (χ1v) is 7.61. The van der Waals surface area contributed by atoms with Gasteiger partial charge in [-0.15, -0.1) is 0 Å². The van der Waals surface area contributed by atoms with Crippen LogP contribution in [-0.4, -0.2) is 11.8 Å². The molecule has 0 radical (unpaired) electrons. The van der Waals surface area contributed by atoms with Gasteiger partial charge in [-0.3, -0.25) is 9.59 Å². The minimum absolute atomic E-state index is 0.615. The number of carbonyl (C=O) groups excluding carboxylic acids is 2. The monoisotopic (exact) mass is 360 g/mol. The van der Waals surface area contributed by atoms with Gasteiger partial charge in [-0.25, -0.2) is 0 Å². The van der Waals surface area contributed by atoms with Crippen LogP contribution >= 0.6 is 15.9 Å². The van der Waals surface area contributed by atoms with Crippen LogP contribution in [0, 0.1) is 20.8 Å². The lowest BCUT2D eigenvalue weighted by Crippen LogP contribution is -2.29. The molecule has 0 saturated heterocycles. The maximum atomic E-state index is 12.0. The average Bonchev–Trinajstić information content (AvgIpc) is 2.40. The lowest BCUT2D eigenvalue weighted by atomic mass is 10.1. The highest BCUT2D eigenvalue weighted by Crippen LogP contribution is 2.20. The summed E-state index contributed by atoms with van der Waals surface area (Å²) in [6.07, 6.45) is 0. The van der Waals surface area contributed by atoms with Crippen molar-refractivity contribution >= 4 is 39.1 Å². The van der Waals surface area contributed by atoms with E-state index in [0.29, 0.717) is 11.4 Å². The summed E-state index contributed by atoms with van der Waals surface area (Å²) in [4.78, 5) is 24.0. The zero-order chi connectivity index (χ0) is 16.3. The van der Waals surface area contributed by atoms with Gasteiger partial charge in [0, 0.05) is 15.8 Å². The highest BCUT2D eigenvalue weighted by Gasteiger charge is 2.15. The number of aryl methyl sites for hydroxylation is 3. The number of nitrogens with one attached hydrogen (secondary N) is 2. The van der Waals surface area contributed by atoms with E-state index >= 15 is 0 Å². The Kier molecular flexibility index (Phi) is 4.98. The molecule has 2 N–H and O–H groups in total. The second-order valence-electron chi connectivity index (χ2n) is 5.24. The van der Waals surface area contributed by atoms with E-state index in [-0.39, 0.29) is 0 Å². The van der Waals surface area contributed by atoms with E-state index < -0.39 is 11.8 Å². The first-order chi connectivity index (χ1) is 10.3. The van der Waals surface area contributed by atoms with Gasteiger partial charge in [-0.1, -0.05) is 22.0 Å². The Morgan fingerprint density at radius 2 is 1.45 bits per heavy atom. The van der Waals surface area contributed by atoms with Gasteiger partial charge < -0.3 is 10.6 Å². The quantitative estimate of drug-likeness (QED) is 0.796. The molecular weight excluding hydrogens is 344 g/mol. The molecule has 2 amide bonds. The average molecular weight is 361 g/mol. The third kappa shape index (κ3) is 4.18. The van der Waals surface area contributed by atoms with Gasteiger partial charge in [0.25, 0.3) is 0 Å². The number of carbonyl (C=O) groups is 2. The number of halogens is 1. The molecule has 0 aliphatic heterocycles. The molecule has 0 bridgehead atoms. The summed E-state index contributed by atoms with van der Waals surface area (Å²) in [7, 11) is 0. The molecule has 0 aliphatic carbocycles. The fourth-order valence-corrected chi connectivity index (χ4v) is 2.66. The SMILES string of the molecule is Cc1cc(C)cc(NC(=O)C(=O)Nc2ccc(Br)cc2C)c1. The molecule has 114 valence electrons. The van der Waals surface area contributed by atoms with Gasteiger partial charge in [0.15, 0.2) is 0 Å². The summed E-state index contributed by atoms with van der Waals surface area (Å²) < 4.78 is 0.919. The number of hydrogen-bond acceptors (Lipinski definition) is 2. The highest BCUT2D eigenvalue weighted by atomic mass is 79.9. The smallest absolute Gasteiger partial charge is 0.314 e. The van der Waals surface area contributed by atoms with Gasteiger partial charge in [-0.05, 0) is 67.8 Å². The van der Waals surface area contributed by atoms with Crippen molar-refractivity contribution in [3.05, 3.63) is 57.6 Å². The number of anilines is 2. The first kappa shape index (κ1) is 16.2. The van der Waals surface area contributed by atoms with Crippen molar-refractivity contribution in [1.29, 1.82) is 0 Å². The zero-order valence-electron chi connectivity index (χ0n) is 12.7. The van der Waals surface area contributed by atoms with Crippen LogP contribution < -0.4 is 10.6 Å². The van der Waals surface area contributed by atoms with Crippen LogP contribution in [0.25, 0.3) is 0 Å². The molecule has 2 aromatic rings. The minimum atomic E-state index is -0.690. The standard InChI is InChI=1S/C17H17BrN2O2/c1-10-6-11(2)8-14(7-10)19-16(21)17(22)20-15-5-4-13(18)9-12(15)3/h4-9H,1-3H3,(H,19,21)(H,20,22). The Morgan fingerprint density at radius 3 is 2.05 bits per heavy atom. The predicted octanol–water partition coefficient (Wildman–Crippen LogP) is 3.95. The molecule has 2 aromatic carbocycles. The Morgan fingerprint density at radius 1 is 0.864 bits per heavy atom. The Hall–Kier alpha value is -2.14. The maximum absolute atomic E-state index is 12.0. The number of amides is 2. The van der Waals surface area contributed by atoms with Crippen molar-refractivity contribution in [3.63, 3.8) is 0 Å². The third-order valence-corrected chi connectivity index (χ3v) is 3.62. The molecule has 0 unspecified atom stereocenters. The summed E-state index contributed by atoms with van der Waals surface area (Å²) in [5, 5.41) is 5.23. The van der Waals surface area contributed by atoms with Crippen LogP contribution in [0.1, 0.15) is 16.7 Å². The van der Waals surface area contributed by atoms with Crippen LogP contribution in [0.3, 0.4) is 0 Å². The van der Waals surface area contributed by atoms with E-state index in [1.54, 1.807) is 6.07 Å². The Balaban J connectivity index is 2.07. The van der Waals surface area contributed by atoms with Gasteiger partial charge in [-0.2, -0.15) is 0 Å². The molecule has 2 rings (SSSR count). The topological polar surface area (TPSA) is 58.2 Å². The number of hydrogen-bond donors (Lipinski definition) is 2. The van der Waals surface area contributed by atoms with Gasteiger partial charge in [0.1, 0.15) is 0 Å². The Bertz CT molecular complexity index is 721. The summed E-state index contributed by atoms with van der Waals surface area (Å²) in [5.41, 5.74) is 4.16. The van der Waals surface area contributed by atoms with Crippen LogP contribution in [0.4, 0.5) is 11.4 Å². The molecule has 0 atom stereocenters. The van der Waals surface area contributed by atoms with Crippen LogP contribution in [0.5, 0.6) is 0 Å². The zero-order valence-corrected chi connectivity index (χ0v) is 14.2. The van der Waals surface area contributed by atoms with E-state index in [2.05, 4.69) is 26.6 Å². The van der Waals surface area contributed by atoms with Gasteiger partial charge in [0.2, 0.25) is 0 Å². The second kappa shape index (κ2) is 6.75. The molecule has 0 aromatic heterocycles. The van der Waals surface area contributed by atoms with E-state index in [9.17, 15) is 9.59 Å². The lowest BCUT2D eigenvalue weighted by molar-refractivity contribution is -0.133. The molecule has 22 heavy (non-hydrogen) atoms. The van der Waals surface area contributed by atoms with Gasteiger partial charge in [0.05, 0.1) is 0 Å². The fourth-order valence-electron chi connectivity index (χ4n) is 2.18.